The Kier molecular flexibility index (Phi) is 6.03. The quantitative estimate of drug-likeness (QED) is 0.533. The summed E-state index contributed by atoms with van der Waals surface area (Å²) in [4.78, 5) is 23.0. The lowest BCUT2D eigenvalue weighted by Gasteiger charge is -2.15. The van der Waals surface area contributed by atoms with E-state index in [-0.39, 0.29) is 41.8 Å². The van der Waals surface area contributed by atoms with E-state index in [0.29, 0.717) is 31.0 Å². The number of nitrogens with zero attached hydrogens (tertiary/aromatic N) is 5. The van der Waals surface area contributed by atoms with Crippen molar-refractivity contribution < 1.29 is 17.6 Å². The molecule has 0 radical (unpaired) electrons. The smallest absolute Gasteiger partial charge is 0.250 e. The first-order valence-electron chi connectivity index (χ1n) is 11.3. The monoisotopic (exact) mass is 482 g/mol. The molecule has 1 aromatic carbocycles. The van der Waals surface area contributed by atoms with E-state index in [2.05, 4.69) is 49.7 Å². The summed E-state index contributed by atoms with van der Waals surface area (Å²) < 4.78 is 28.6. The van der Waals surface area contributed by atoms with Gasteiger partial charge in [-0.2, -0.15) is 0 Å². The van der Waals surface area contributed by atoms with Crippen LogP contribution in [0.3, 0.4) is 0 Å². The number of rotatable bonds is 7. The molecule has 1 amide bonds. The Morgan fingerprint density at radius 3 is 2.53 bits per heavy atom. The minimum atomic E-state index is -3.06. The van der Waals surface area contributed by atoms with Gasteiger partial charge in [-0.1, -0.05) is 24.3 Å². The van der Waals surface area contributed by atoms with E-state index in [1.807, 2.05) is 0 Å². The molecule has 10 nitrogen and oxygen atoms in total. The Bertz CT molecular complexity index is 1270. The molecule has 2 aromatic heterocycles. The molecule has 0 spiro atoms. The summed E-state index contributed by atoms with van der Waals surface area (Å²) in [5, 5.41) is 11.4. The van der Waals surface area contributed by atoms with Crippen molar-refractivity contribution in [3.63, 3.8) is 0 Å². The largest absolute Gasteiger partial charge is 0.420 e. The average Bonchev–Trinajstić information content (AvgIpc) is 3.52. The number of aromatic nitrogens is 4. The Labute approximate surface area is 197 Å². The van der Waals surface area contributed by atoms with Crippen molar-refractivity contribution in [2.45, 2.75) is 31.7 Å². The van der Waals surface area contributed by atoms with Gasteiger partial charge in [0.1, 0.15) is 16.3 Å². The molecule has 1 saturated heterocycles. The first kappa shape index (κ1) is 22.5. The molecule has 1 fully saturated rings. The zero-order valence-electron chi connectivity index (χ0n) is 18.8. The topological polar surface area (TPSA) is 131 Å². The van der Waals surface area contributed by atoms with Crippen molar-refractivity contribution in [1.29, 1.82) is 0 Å². The Hall–Kier alpha value is -3.34. The van der Waals surface area contributed by atoms with Gasteiger partial charge in [-0.3, -0.25) is 4.79 Å². The second kappa shape index (κ2) is 9.13. The second-order valence-corrected chi connectivity index (χ2v) is 11.3. The average molecular weight is 483 g/mol. The summed E-state index contributed by atoms with van der Waals surface area (Å²) in [7, 11) is -3.06. The summed E-state index contributed by atoms with van der Waals surface area (Å²) in [5.41, 5.74) is 3.27. The summed E-state index contributed by atoms with van der Waals surface area (Å²) >= 11 is 0. The maximum Gasteiger partial charge on any atom is 0.250 e. The van der Waals surface area contributed by atoms with Crippen LogP contribution in [0.4, 0.5) is 5.95 Å². The highest BCUT2D eigenvalue weighted by atomic mass is 32.2. The first-order chi connectivity index (χ1) is 16.3. The van der Waals surface area contributed by atoms with Gasteiger partial charge in [0.25, 0.3) is 5.89 Å². The molecular formula is C23H26N6O4S. The highest BCUT2D eigenvalue weighted by Gasteiger charge is 2.29. The molecule has 2 aliphatic rings. The number of sulfone groups is 1. The number of anilines is 1. The predicted octanol–water partition coefficient (Wildman–Crippen LogP) is 1.54. The lowest BCUT2D eigenvalue weighted by molar-refractivity contribution is -0.129. The van der Waals surface area contributed by atoms with Gasteiger partial charge in [0, 0.05) is 37.8 Å². The zero-order chi connectivity index (χ0) is 23.7. The van der Waals surface area contributed by atoms with E-state index >= 15 is 0 Å². The number of nitrogens with one attached hydrogen (secondary N) is 1. The number of hydrogen-bond acceptors (Lipinski definition) is 9. The van der Waals surface area contributed by atoms with E-state index in [1.165, 1.54) is 17.4 Å². The van der Waals surface area contributed by atoms with Crippen LogP contribution >= 0.6 is 0 Å². The van der Waals surface area contributed by atoms with Gasteiger partial charge in [-0.15, -0.1) is 10.2 Å². The third-order valence-corrected chi connectivity index (χ3v) is 7.31. The van der Waals surface area contributed by atoms with Gasteiger partial charge in [-0.25, -0.2) is 18.4 Å². The second-order valence-electron chi connectivity index (χ2n) is 9.08. The summed E-state index contributed by atoms with van der Waals surface area (Å²) in [6.45, 7) is 0.968. The molecule has 11 heteroatoms. The normalized spacial score (nSPS) is 18.3. The van der Waals surface area contributed by atoms with Gasteiger partial charge in [0.15, 0.2) is 0 Å². The molecule has 0 saturated carbocycles. The molecule has 1 unspecified atom stereocenters. The SMILES string of the molecule is CS(=O)(=O)CC1CCN(C(=O)Cc2nnc(-c3cnc(NC4Cc5ccccc5C4)nc3)o2)C1. The fraction of sp³-hybridized carbons (Fsp3) is 0.435. The van der Waals surface area contributed by atoms with Crippen molar-refractivity contribution in [2.24, 2.45) is 5.92 Å². The van der Waals surface area contributed by atoms with Crippen LogP contribution in [-0.4, -0.2) is 70.5 Å². The highest BCUT2D eigenvalue weighted by Crippen LogP contribution is 2.24. The van der Waals surface area contributed by atoms with E-state index in [4.69, 9.17) is 4.42 Å². The molecular weight excluding hydrogens is 456 g/mol. The fourth-order valence-electron chi connectivity index (χ4n) is 4.66. The molecule has 0 bridgehead atoms. The molecule has 5 rings (SSSR count). The minimum Gasteiger partial charge on any atom is -0.420 e. The summed E-state index contributed by atoms with van der Waals surface area (Å²) in [5.74, 6) is 0.907. The Morgan fingerprint density at radius 1 is 1.15 bits per heavy atom. The van der Waals surface area contributed by atoms with Crippen molar-refractivity contribution in [2.75, 3.05) is 30.4 Å². The molecule has 3 aromatic rings. The number of carbonyl (C=O) groups excluding carboxylic acids is 1. The first-order valence-corrected chi connectivity index (χ1v) is 13.3. The van der Waals surface area contributed by atoms with Crippen LogP contribution in [0, 0.1) is 5.92 Å². The van der Waals surface area contributed by atoms with E-state index < -0.39 is 9.84 Å². The van der Waals surface area contributed by atoms with Crippen LogP contribution in [0.5, 0.6) is 0 Å². The van der Waals surface area contributed by atoms with Gasteiger partial charge >= 0.3 is 0 Å². The van der Waals surface area contributed by atoms with Crippen molar-refractivity contribution in [3.8, 4) is 11.5 Å². The van der Waals surface area contributed by atoms with Crippen LogP contribution in [0.1, 0.15) is 23.4 Å². The summed E-state index contributed by atoms with van der Waals surface area (Å²) in [6.07, 6.45) is 6.99. The number of benzene rings is 1. The molecule has 1 aliphatic heterocycles. The van der Waals surface area contributed by atoms with Crippen LogP contribution in [0.2, 0.25) is 0 Å². The molecule has 1 atom stereocenters. The van der Waals surface area contributed by atoms with Gasteiger partial charge in [0.2, 0.25) is 17.7 Å². The standard InChI is InChI=1S/C23H26N6O4S/c1-34(31,32)14-15-6-7-29(13-15)21(30)10-20-27-28-22(33-20)18-11-24-23(25-12-18)26-19-8-16-4-2-3-5-17(16)9-19/h2-5,11-12,15,19H,6-10,13-14H2,1H3,(H,24,25,26). The molecule has 34 heavy (non-hydrogen) atoms. The number of hydrogen-bond donors (Lipinski definition) is 1. The predicted molar refractivity (Wildman–Crippen MR) is 125 cm³/mol. The van der Waals surface area contributed by atoms with Crippen LogP contribution in [-0.2, 0) is 33.9 Å². The van der Waals surface area contributed by atoms with Gasteiger partial charge < -0.3 is 14.6 Å². The van der Waals surface area contributed by atoms with Crippen LogP contribution in [0.15, 0.2) is 41.1 Å². The molecule has 178 valence electrons. The summed E-state index contributed by atoms with van der Waals surface area (Å²) in [6, 6.07) is 8.67. The third-order valence-electron chi connectivity index (χ3n) is 6.23. The number of likely N-dealkylation sites (tertiary alicyclic amines) is 1. The van der Waals surface area contributed by atoms with Crippen molar-refractivity contribution >= 4 is 21.7 Å². The third kappa shape index (κ3) is 5.24. The van der Waals surface area contributed by atoms with Crippen molar-refractivity contribution in [1.82, 2.24) is 25.1 Å². The Balaban J connectivity index is 1.15. The zero-order valence-corrected chi connectivity index (χ0v) is 19.7. The minimum absolute atomic E-state index is 0.0265. The van der Waals surface area contributed by atoms with E-state index in [9.17, 15) is 13.2 Å². The molecule has 1 aliphatic carbocycles. The van der Waals surface area contributed by atoms with E-state index in [0.717, 1.165) is 12.8 Å². The van der Waals surface area contributed by atoms with Gasteiger partial charge in [0.05, 0.1) is 11.3 Å². The number of fused-ring (bicyclic) bond motifs is 1. The Morgan fingerprint density at radius 2 is 1.85 bits per heavy atom. The van der Waals surface area contributed by atoms with Gasteiger partial charge in [-0.05, 0) is 36.3 Å². The van der Waals surface area contributed by atoms with Crippen molar-refractivity contribution in [3.05, 3.63) is 53.7 Å². The van der Waals surface area contributed by atoms with Crippen LogP contribution in [0.25, 0.3) is 11.5 Å². The molecule has 1 N–H and O–H groups in total. The number of amides is 1. The lowest BCUT2D eigenvalue weighted by Crippen LogP contribution is -2.31. The fourth-order valence-corrected chi connectivity index (χ4v) is 5.79. The lowest BCUT2D eigenvalue weighted by atomic mass is 10.1. The number of carbonyl (C=O) groups is 1. The van der Waals surface area contributed by atoms with E-state index in [1.54, 1.807) is 17.3 Å². The maximum absolute atomic E-state index is 12.6. The van der Waals surface area contributed by atoms with Crippen LogP contribution < -0.4 is 5.32 Å². The maximum atomic E-state index is 12.6. The molecule has 3 heterocycles. The highest BCUT2D eigenvalue weighted by molar-refractivity contribution is 7.90.